The lowest BCUT2D eigenvalue weighted by Crippen LogP contribution is -2.00. The molecule has 0 aliphatic heterocycles. The molecule has 0 saturated carbocycles. The predicted octanol–water partition coefficient (Wildman–Crippen LogP) is 2.79. The lowest BCUT2D eigenvalue weighted by molar-refractivity contribution is -0.384. The average Bonchev–Trinajstić information content (AvgIpc) is 2.39. The molecule has 98 valence electrons. The van der Waals surface area contributed by atoms with Gasteiger partial charge in [-0.15, -0.1) is 0 Å². The normalized spacial score (nSPS) is 10.0. The SMILES string of the molecule is COc1ccc(Nc2nccc(Cl)n2)c([N+](=O)[O-])c1. The van der Waals surface area contributed by atoms with Crippen LogP contribution in [-0.4, -0.2) is 22.0 Å². The molecule has 0 spiro atoms. The Bertz CT molecular complexity index is 621. The van der Waals surface area contributed by atoms with Crippen molar-refractivity contribution in [3.63, 3.8) is 0 Å². The lowest BCUT2D eigenvalue weighted by atomic mass is 10.2. The molecule has 1 N–H and O–H groups in total. The molecule has 0 saturated heterocycles. The monoisotopic (exact) mass is 280 g/mol. The molecule has 0 unspecified atom stereocenters. The Hall–Kier alpha value is -2.41. The van der Waals surface area contributed by atoms with Gasteiger partial charge < -0.3 is 10.1 Å². The summed E-state index contributed by atoms with van der Waals surface area (Å²) in [6.07, 6.45) is 1.45. The van der Waals surface area contributed by atoms with Gasteiger partial charge in [-0.1, -0.05) is 11.6 Å². The van der Waals surface area contributed by atoms with Crippen molar-refractivity contribution in [2.75, 3.05) is 12.4 Å². The van der Waals surface area contributed by atoms with Crippen LogP contribution in [0, 0.1) is 10.1 Å². The second kappa shape index (κ2) is 5.49. The molecule has 1 heterocycles. The van der Waals surface area contributed by atoms with E-state index in [9.17, 15) is 10.1 Å². The van der Waals surface area contributed by atoms with Crippen molar-refractivity contribution in [2.45, 2.75) is 0 Å². The highest BCUT2D eigenvalue weighted by atomic mass is 35.5. The van der Waals surface area contributed by atoms with Crippen molar-refractivity contribution in [2.24, 2.45) is 0 Å². The van der Waals surface area contributed by atoms with Crippen LogP contribution in [0.1, 0.15) is 0 Å². The van der Waals surface area contributed by atoms with Crippen molar-refractivity contribution in [3.8, 4) is 5.75 Å². The van der Waals surface area contributed by atoms with Crippen LogP contribution in [0.3, 0.4) is 0 Å². The lowest BCUT2D eigenvalue weighted by Gasteiger charge is -2.07. The first-order valence-electron chi connectivity index (χ1n) is 5.18. The zero-order chi connectivity index (χ0) is 13.8. The first-order valence-corrected chi connectivity index (χ1v) is 5.56. The third-order valence-electron chi connectivity index (χ3n) is 2.27. The van der Waals surface area contributed by atoms with Crippen molar-refractivity contribution in [1.29, 1.82) is 0 Å². The number of methoxy groups -OCH3 is 1. The summed E-state index contributed by atoms with van der Waals surface area (Å²) in [5, 5.41) is 14.0. The Morgan fingerprint density at radius 2 is 2.21 bits per heavy atom. The number of nitrogens with zero attached hydrogens (tertiary/aromatic N) is 3. The van der Waals surface area contributed by atoms with Crippen LogP contribution < -0.4 is 10.1 Å². The van der Waals surface area contributed by atoms with Crippen LogP contribution in [-0.2, 0) is 0 Å². The van der Waals surface area contributed by atoms with E-state index in [2.05, 4.69) is 15.3 Å². The van der Waals surface area contributed by atoms with Gasteiger partial charge in [0.25, 0.3) is 5.69 Å². The van der Waals surface area contributed by atoms with Gasteiger partial charge in [-0.2, -0.15) is 0 Å². The van der Waals surface area contributed by atoms with Crippen molar-refractivity contribution in [3.05, 3.63) is 45.7 Å². The smallest absolute Gasteiger partial charge is 0.296 e. The standard InChI is InChI=1S/C11H9ClN4O3/c1-19-7-2-3-8(9(6-7)16(17)18)14-11-13-5-4-10(12)15-11/h2-6H,1H3,(H,13,14,15). The summed E-state index contributed by atoms with van der Waals surface area (Å²) < 4.78 is 4.94. The van der Waals surface area contributed by atoms with E-state index in [4.69, 9.17) is 16.3 Å². The molecule has 1 aromatic carbocycles. The number of hydrogen-bond acceptors (Lipinski definition) is 6. The third kappa shape index (κ3) is 3.08. The van der Waals surface area contributed by atoms with Crippen LogP contribution in [0.25, 0.3) is 0 Å². The Kier molecular flexibility index (Phi) is 3.76. The fourth-order valence-corrected chi connectivity index (χ4v) is 1.55. The maximum atomic E-state index is 11.0. The van der Waals surface area contributed by atoms with E-state index in [-0.39, 0.29) is 22.5 Å². The molecule has 0 fully saturated rings. The number of anilines is 2. The van der Waals surface area contributed by atoms with Gasteiger partial charge in [0.15, 0.2) is 0 Å². The fourth-order valence-electron chi connectivity index (χ4n) is 1.41. The van der Waals surface area contributed by atoms with Gasteiger partial charge in [-0.05, 0) is 18.2 Å². The number of benzene rings is 1. The molecule has 7 nitrogen and oxygen atoms in total. The average molecular weight is 281 g/mol. The van der Waals surface area contributed by atoms with E-state index in [0.717, 1.165) is 0 Å². The zero-order valence-corrected chi connectivity index (χ0v) is 10.6. The van der Waals surface area contributed by atoms with E-state index >= 15 is 0 Å². The summed E-state index contributed by atoms with van der Waals surface area (Å²) in [5.74, 6) is 0.574. The molecular formula is C11H9ClN4O3. The number of rotatable bonds is 4. The molecule has 0 atom stereocenters. The molecule has 0 aliphatic rings. The maximum absolute atomic E-state index is 11.0. The van der Waals surface area contributed by atoms with E-state index in [1.165, 1.54) is 31.5 Å². The summed E-state index contributed by atoms with van der Waals surface area (Å²) in [7, 11) is 1.44. The van der Waals surface area contributed by atoms with Gasteiger partial charge in [0, 0.05) is 6.20 Å². The molecule has 19 heavy (non-hydrogen) atoms. The van der Waals surface area contributed by atoms with E-state index in [0.29, 0.717) is 5.75 Å². The Labute approximate surface area is 113 Å². The molecule has 0 aliphatic carbocycles. The second-order valence-corrected chi connectivity index (χ2v) is 3.86. The van der Waals surface area contributed by atoms with Gasteiger partial charge in [0.05, 0.1) is 18.1 Å². The van der Waals surface area contributed by atoms with Crippen molar-refractivity contribution >= 4 is 28.9 Å². The zero-order valence-electron chi connectivity index (χ0n) is 9.83. The quantitative estimate of drug-likeness (QED) is 0.526. The minimum absolute atomic E-state index is 0.136. The van der Waals surface area contributed by atoms with E-state index in [1.54, 1.807) is 6.07 Å². The molecular weight excluding hydrogens is 272 g/mol. The summed E-state index contributed by atoms with van der Waals surface area (Å²) in [6, 6.07) is 5.93. The first-order chi connectivity index (χ1) is 9.10. The van der Waals surface area contributed by atoms with Gasteiger partial charge in [0.1, 0.15) is 16.6 Å². The number of nitro groups is 1. The van der Waals surface area contributed by atoms with Gasteiger partial charge in [0.2, 0.25) is 5.95 Å². The number of aromatic nitrogens is 2. The minimum atomic E-state index is -0.518. The topological polar surface area (TPSA) is 90.2 Å². The first kappa shape index (κ1) is 13.0. The molecule has 0 amide bonds. The van der Waals surface area contributed by atoms with Crippen LogP contribution in [0.15, 0.2) is 30.5 Å². The number of nitro benzene ring substituents is 1. The number of halogens is 1. The molecule has 0 bridgehead atoms. The minimum Gasteiger partial charge on any atom is -0.496 e. The van der Waals surface area contributed by atoms with Crippen LogP contribution in [0.5, 0.6) is 5.75 Å². The molecule has 8 heteroatoms. The summed E-state index contributed by atoms with van der Waals surface area (Å²) in [5.41, 5.74) is 0.121. The Morgan fingerprint density at radius 3 is 2.84 bits per heavy atom. The van der Waals surface area contributed by atoms with Crippen molar-refractivity contribution in [1.82, 2.24) is 9.97 Å². The summed E-state index contributed by atoms with van der Waals surface area (Å²) in [6.45, 7) is 0. The molecule has 2 aromatic rings. The second-order valence-electron chi connectivity index (χ2n) is 3.47. The van der Waals surface area contributed by atoms with E-state index < -0.39 is 4.92 Å². The fraction of sp³-hybridized carbons (Fsp3) is 0.0909. The highest BCUT2D eigenvalue weighted by molar-refractivity contribution is 6.29. The van der Waals surface area contributed by atoms with Crippen molar-refractivity contribution < 1.29 is 9.66 Å². The van der Waals surface area contributed by atoms with E-state index in [1.807, 2.05) is 0 Å². The third-order valence-corrected chi connectivity index (χ3v) is 2.48. The highest BCUT2D eigenvalue weighted by Crippen LogP contribution is 2.30. The van der Waals surface area contributed by atoms with Crippen LogP contribution in [0.2, 0.25) is 5.15 Å². The van der Waals surface area contributed by atoms with Crippen LogP contribution in [0.4, 0.5) is 17.3 Å². The number of nitrogens with one attached hydrogen (secondary N) is 1. The summed E-state index contributed by atoms with van der Waals surface area (Å²) >= 11 is 5.72. The molecule has 0 radical (unpaired) electrons. The molecule has 1 aromatic heterocycles. The number of ether oxygens (including phenoxy) is 1. The van der Waals surface area contributed by atoms with Gasteiger partial charge >= 0.3 is 0 Å². The van der Waals surface area contributed by atoms with Crippen LogP contribution >= 0.6 is 11.6 Å². The number of hydrogen-bond donors (Lipinski definition) is 1. The van der Waals surface area contributed by atoms with Gasteiger partial charge in [-0.25, -0.2) is 9.97 Å². The molecule has 2 rings (SSSR count). The predicted molar refractivity (Wildman–Crippen MR) is 70.0 cm³/mol. The highest BCUT2D eigenvalue weighted by Gasteiger charge is 2.16. The Morgan fingerprint density at radius 1 is 1.42 bits per heavy atom. The Balaban J connectivity index is 2.36. The summed E-state index contributed by atoms with van der Waals surface area (Å²) in [4.78, 5) is 18.3. The largest absolute Gasteiger partial charge is 0.496 e. The maximum Gasteiger partial charge on any atom is 0.296 e. The van der Waals surface area contributed by atoms with Gasteiger partial charge in [-0.3, -0.25) is 10.1 Å².